The molecule has 1 aromatic heterocycles. The molecule has 0 aliphatic carbocycles. The molecule has 0 spiro atoms. The molecule has 0 aliphatic rings. The van der Waals surface area contributed by atoms with Crippen molar-refractivity contribution < 1.29 is 9.53 Å². The van der Waals surface area contributed by atoms with Crippen LogP contribution in [0.5, 0.6) is 0 Å². The van der Waals surface area contributed by atoms with Gasteiger partial charge in [-0.2, -0.15) is 0 Å². The number of carbonyl (C=O) groups excluding carboxylic acids is 1. The van der Waals surface area contributed by atoms with Crippen molar-refractivity contribution in [1.29, 1.82) is 0 Å². The lowest BCUT2D eigenvalue weighted by Crippen LogP contribution is -2.25. The number of likely N-dealkylation sites (N-methyl/N-ethyl adjacent to an activating group) is 1. The molecule has 1 heterocycles. The molecule has 2 N–H and O–H groups in total. The molecule has 5 heteroatoms. The lowest BCUT2D eigenvalue weighted by Gasteiger charge is -2.18. The third-order valence-corrected chi connectivity index (χ3v) is 2.04. The van der Waals surface area contributed by atoms with E-state index in [0.717, 1.165) is 12.2 Å². The third kappa shape index (κ3) is 2.92. The van der Waals surface area contributed by atoms with Gasteiger partial charge in [0.1, 0.15) is 5.69 Å². The van der Waals surface area contributed by atoms with E-state index in [4.69, 9.17) is 5.73 Å². The highest BCUT2D eigenvalue weighted by molar-refractivity contribution is 5.88. The number of pyridine rings is 1. The van der Waals surface area contributed by atoms with Gasteiger partial charge in [0, 0.05) is 32.0 Å². The molecule has 0 aliphatic heterocycles. The zero-order valence-corrected chi connectivity index (χ0v) is 8.93. The molecular weight excluding hydrogens is 194 g/mol. The number of ether oxygens (including phenoxy) is 1. The zero-order chi connectivity index (χ0) is 11.3. The number of rotatable bonds is 4. The van der Waals surface area contributed by atoms with Crippen LogP contribution in [0.15, 0.2) is 18.3 Å². The smallest absolute Gasteiger partial charge is 0.356 e. The molecule has 0 unspecified atom stereocenters. The highest BCUT2D eigenvalue weighted by Crippen LogP contribution is 2.12. The number of nitrogens with zero attached hydrogens (tertiary/aromatic N) is 2. The first kappa shape index (κ1) is 11.5. The molecule has 1 aromatic rings. The van der Waals surface area contributed by atoms with Gasteiger partial charge in [0.25, 0.3) is 0 Å². The van der Waals surface area contributed by atoms with E-state index in [1.807, 2.05) is 18.0 Å². The standard InChI is InChI=1S/C10H15N3O2/c1-13(6-4-11)8-3-5-12-9(7-8)10(14)15-2/h3,5,7H,4,6,11H2,1-2H3. The Balaban J connectivity index is 2.87. The summed E-state index contributed by atoms with van der Waals surface area (Å²) in [4.78, 5) is 17.1. The molecule has 0 saturated heterocycles. The summed E-state index contributed by atoms with van der Waals surface area (Å²) in [6.45, 7) is 1.29. The molecule has 5 nitrogen and oxygen atoms in total. The summed E-state index contributed by atoms with van der Waals surface area (Å²) >= 11 is 0. The van der Waals surface area contributed by atoms with Gasteiger partial charge in [-0.3, -0.25) is 0 Å². The van der Waals surface area contributed by atoms with E-state index in [9.17, 15) is 4.79 Å². The van der Waals surface area contributed by atoms with Crippen LogP contribution in [0.25, 0.3) is 0 Å². The van der Waals surface area contributed by atoms with Gasteiger partial charge in [0.05, 0.1) is 7.11 Å². The Hall–Kier alpha value is -1.62. The fourth-order valence-electron chi connectivity index (χ4n) is 1.20. The maximum Gasteiger partial charge on any atom is 0.356 e. The van der Waals surface area contributed by atoms with Crippen LogP contribution in [0, 0.1) is 0 Å². The van der Waals surface area contributed by atoms with Gasteiger partial charge >= 0.3 is 5.97 Å². The lowest BCUT2D eigenvalue weighted by molar-refractivity contribution is 0.0594. The summed E-state index contributed by atoms with van der Waals surface area (Å²) in [5, 5.41) is 0. The zero-order valence-electron chi connectivity index (χ0n) is 8.93. The Morgan fingerprint density at radius 1 is 1.67 bits per heavy atom. The SMILES string of the molecule is COC(=O)c1cc(N(C)CCN)ccn1. The second-order valence-electron chi connectivity index (χ2n) is 3.10. The number of esters is 1. The van der Waals surface area contributed by atoms with Crippen molar-refractivity contribution in [1.82, 2.24) is 4.98 Å². The Morgan fingerprint density at radius 2 is 2.40 bits per heavy atom. The molecule has 0 atom stereocenters. The summed E-state index contributed by atoms with van der Waals surface area (Å²) in [7, 11) is 3.24. The minimum Gasteiger partial charge on any atom is -0.464 e. The van der Waals surface area contributed by atoms with E-state index < -0.39 is 5.97 Å². The lowest BCUT2D eigenvalue weighted by atomic mass is 10.3. The average Bonchev–Trinajstić information content (AvgIpc) is 2.28. The minimum atomic E-state index is -0.432. The van der Waals surface area contributed by atoms with Crippen LogP contribution in [-0.4, -0.2) is 38.2 Å². The Morgan fingerprint density at radius 3 is 3.00 bits per heavy atom. The summed E-state index contributed by atoms with van der Waals surface area (Å²) in [5.41, 5.74) is 6.65. The predicted molar refractivity (Wildman–Crippen MR) is 57.9 cm³/mol. The second-order valence-corrected chi connectivity index (χ2v) is 3.10. The maximum atomic E-state index is 11.2. The Bertz CT molecular complexity index is 341. The first-order valence-electron chi connectivity index (χ1n) is 4.64. The predicted octanol–water partition coefficient (Wildman–Crippen LogP) is 0.263. The second kappa shape index (κ2) is 5.31. The number of carbonyl (C=O) groups is 1. The maximum absolute atomic E-state index is 11.2. The van der Waals surface area contributed by atoms with Crippen LogP contribution in [0.1, 0.15) is 10.5 Å². The molecule has 0 amide bonds. The molecule has 1 rings (SSSR count). The largest absolute Gasteiger partial charge is 0.464 e. The van der Waals surface area contributed by atoms with Crippen molar-refractivity contribution in [3.05, 3.63) is 24.0 Å². The minimum absolute atomic E-state index is 0.305. The van der Waals surface area contributed by atoms with Crippen molar-refractivity contribution >= 4 is 11.7 Å². The van der Waals surface area contributed by atoms with E-state index in [1.54, 1.807) is 12.3 Å². The van der Waals surface area contributed by atoms with Gasteiger partial charge in [-0.05, 0) is 12.1 Å². The van der Waals surface area contributed by atoms with Crippen LogP contribution >= 0.6 is 0 Å². The van der Waals surface area contributed by atoms with Gasteiger partial charge in [-0.25, -0.2) is 9.78 Å². The summed E-state index contributed by atoms with van der Waals surface area (Å²) in [6, 6.07) is 3.50. The van der Waals surface area contributed by atoms with Crippen molar-refractivity contribution in [3.8, 4) is 0 Å². The fourth-order valence-corrected chi connectivity index (χ4v) is 1.20. The van der Waals surface area contributed by atoms with E-state index in [-0.39, 0.29) is 0 Å². The van der Waals surface area contributed by atoms with Crippen LogP contribution in [0.3, 0.4) is 0 Å². The fraction of sp³-hybridized carbons (Fsp3) is 0.400. The van der Waals surface area contributed by atoms with E-state index in [0.29, 0.717) is 12.2 Å². The number of nitrogens with two attached hydrogens (primary N) is 1. The van der Waals surface area contributed by atoms with Crippen molar-refractivity contribution in [2.45, 2.75) is 0 Å². The molecular formula is C10H15N3O2. The molecule has 0 aromatic carbocycles. The van der Waals surface area contributed by atoms with Crippen molar-refractivity contribution in [2.24, 2.45) is 5.73 Å². The monoisotopic (exact) mass is 209 g/mol. The van der Waals surface area contributed by atoms with Gasteiger partial charge in [-0.1, -0.05) is 0 Å². The quantitative estimate of drug-likeness (QED) is 0.720. The van der Waals surface area contributed by atoms with Crippen molar-refractivity contribution in [3.63, 3.8) is 0 Å². The van der Waals surface area contributed by atoms with Gasteiger partial charge < -0.3 is 15.4 Å². The van der Waals surface area contributed by atoms with E-state index in [2.05, 4.69) is 9.72 Å². The Kier molecular flexibility index (Phi) is 4.05. The van der Waals surface area contributed by atoms with Crippen LogP contribution < -0.4 is 10.6 Å². The normalized spacial score (nSPS) is 9.80. The van der Waals surface area contributed by atoms with E-state index >= 15 is 0 Å². The van der Waals surface area contributed by atoms with Gasteiger partial charge in [0.2, 0.25) is 0 Å². The van der Waals surface area contributed by atoms with Crippen LogP contribution in [0.4, 0.5) is 5.69 Å². The van der Waals surface area contributed by atoms with Crippen LogP contribution in [-0.2, 0) is 4.74 Å². The number of hydrogen-bond acceptors (Lipinski definition) is 5. The van der Waals surface area contributed by atoms with Crippen molar-refractivity contribution in [2.75, 3.05) is 32.1 Å². The van der Waals surface area contributed by atoms with Gasteiger partial charge in [-0.15, -0.1) is 0 Å². The number of anilines is 1. The number of aromatic nitrogens is 1. The molecule has 0 fully saturated rings. The third-order valence-electron chi connectivity index (χ3n) is 2.04. The molecule has 0 radical (unpaired) electrons. The van der Waals surface area contributed by atoms with Crippen LogP contribution in [0.2, 0.25) is 0 Å². The van der Waals surface area contributed by atoms with Gasteiger partial charge in [0.15, 0.2) is 0 Å². The average molecular weight is 209 g/mol. The molecule has 82 valence electrons. The first-order valence-corrected chi connectivity index (χ1v) is 4.64. The Labute approximate surface area is 88.9 Å². The molecule has 0 saturated carbocycles. The highest BCUT2D eigenvalue weighted by atomic mass is 16.5. The number of methoxy groups -OCH3 is 1. The summed E-state index contributed by atoms with van der Waals surface area (Å²) in [6.07, 6.45) is 1.58. The first-order chi connectivity index (χ1) is 7.19. The summed E-state index contributed by atoms with van der Waals surface area (Å²) < 4.78 is 4.59. The summed E-state index contributed by atoms with van der Waals surface area (Å²) in [5.74, 6) is -0.432. The molecule has 15 heavy (non-hydrogen) atoms. The number of hydrogen-bond donors (Lipinski definition) is 1. The molecule has 0 bridgehead atoms. The van der Waals surface area contributed by atoms with E-state index in [1.165, 1.54) is 7.11 Å². The highest BCUT2D eigenvalue weighted by Gasteiger charge is 2.08. The topological polar surface area (TPSA) is 68.5 Å².